The van der Waals surface area contributed by atoms with Gasteiger partial charge >= 0.3 is 0 Å². The van der Waals surface area contributed by atoms with E-state index in [0.717, 1.165) is 15.6 Å². The van der Waals surface area contributed by atoms with Crippen molar-refractivity contribution in [1.29, 1.82) is 0 Å². The Kier molecular flexibility index (Phi) is 6.98. The molecule has 0 spiro atoms. The quantitative estimate of drug-likeness (QED) is 0.733. The van der Waals surface area contributed by atoms with Crippen LogP contribution in [0.15, 0.2) is 53.0 Å². The highest BCUT2D eigenvalue weighted by molar-refractivity contribution is 9.10. The molecule has 0 heterocycles. The first-order valence-corrected chi connectivity index (χ1v) is 9.51. The maximum Gasteiger partial charge on any atom is 0.252 e. The van der Waals surface area contributed by atoms with Crippen molar-refractivity contribution >= 4 is 27.7 Å². The summed E-state index contributed by atoms with van der Waals surface area (Å²) < 4.78 is 0.962. The van der Waals surface area contributed by atoms with Gasteiger partial charge < -0.3 is 10.6 Å². The van der Waals surface area contributed by atoms with E-state index in [1.807, 2.05) is 70.2 Å². The number of carbonyl (C=O) groups is 2. The lowest BCUT2D eigenvalue weighted by Gasteiger charge is -2.24. The van der Waals surface area contributed by atoms with E-state index in [1.165, 1.54) is 0 Å². The van der Waals surface area contributed by atoms with Gasteiger partial charge in [-0.15, -0.1) is 0 Å². The number of rotatable bonds is 6. The number of carbonyl (C=O) groups excluding carboxylic acids is 2. The molecule has 2 aromatic rings. The number of hydrogen-bond donors (Lipinski definition) is 2. The summed E-state index contributed by atoms with van der Waals surface area (Å²) in [6.07, 6.45) is 0. The van der Waals surface area contributed by atoms with E-state index in [1.54, 1.807) is 6.07 Å². The molecular weight excluding hydrogens is 392 g/mol. The maximum atomic E-state index is 12.8. The third kappa shape index (κ3) is 5.18. The minimum absolute atomic E-state index is 0.0299. The van der Waals surface area contributed by atoms with Crippen molar-refractivity contribution in [3.05, 3.63) is 69.7 Å². The predicted molar refractivity (Wildman–Crippen MR) is 108 cm³/mol. The Hall–Kier alpha value is -2.14. The molecule has 5 heteroatoms. The molecule has 2 aromatic carbocycles. The van der Waals surface area contributed by atoms with E-state index in [4.69, 9.17) is 0 Å². The lowest BCUT2D eigenvalue weighted by molar-refractivity contribution is -0.124. The number of benzene rings is 2. The van der Waals surface area contributed by atoms with Crippen LogP contribution in [-0.4, -0.2) is 17.9 Å². The van der Waals surface area contributed by atoms with Gasteiger partial charge in [0.25, 0.3) is 5.91 Å². The van der Waals surface area contributed by atoms with E-state index < -0.39 is 6.04 Å². The Bertz CT molecular complexity index is 789. The molecule has 0 aliphatic rings. The van der Waals surface area contributed by atoms with Gasteiger partial charge in [0.1, 0.15) is 6.04 Å². The number of hydrogen-bond acceptors (Lipinski definition) is 2. The molecule has 0 radical (unpaired) electrons. The van der Waals surface area contributed by atoms with Crippen molar-refractivity contribution in [2.24, 2.45) is 5.92 Å². The molecule has 0 unspecified atom stereocenters. The number of halogens is 1. The Morgan fingerprint density at radius 2 is 1.65 bits per heavy atom. The van der Waals surface area contributed by atoms with Gasteiger partial charge in [0.15, 0.2) is 0 Å². The lowest BCUT2D eigenvalue weighted by Crippen LogP contribution is -2.50. The van der Waals surface area contributed by atoms with Gasteiger partial charge in [-0.3, -0.25) is 9.59 Å². The van der Waals surface area contributed by atoms with Crippen molar-refractivity contribution in [3.63, 3.8) is 0 Å². The molecule has 0 aromatic heterocycles. The lowest BCUT2D eigenvalue weighted by atomic mass is 10.0. The van der Waals surface area contributed by atoms with Crippen LogP contribution >= 0.6 is 15.9 Å². The Morgan fingerprint density at radius 1 is 0.962 bits per heavy atom. The summed E-state index contributed by atoms with van der Waals surface area (Å²) in [5.41, 5.74) is 2.47. The highest BCUT2D eigenvalue weighted by Gasteiger charge is 2.26. The molecule has 138 valence electrons. The maximum absolute atomic E-state index is 12.8. The number of amides is 2. The first-order chi connectivity index (χ1) is 12.3. The van der Waals surface area contributed by atoms with Gasteiger partial charge in [0, 0.05) is 10.0 Å². The van der Waals surface area contributed by atoms with E-state index >= 15 is 0 Å². The third-order valence-electron chi connectivity index (χ3n) is 4.33. The molecule has 2 rings (SSSR count). The highest BCUT2D eigenvalue weighted by Crippen LogP contribution is 2.18. The standard InChI is InChI=1S/C21H25BrN2O2/c1-13(2)19(24-20(25)18-11-6-5-8-14(18)3)21(26)23-15(4)16-9-7-10-17(22)12-16/h5-13,15,19H,1-4H3,(H,23,26)(H,24,25)/t15-,19+/m0/s1. The van der Waals surface area contributed by atoms with E-state index in [9.17, 15) is 9.59 Å². The molecule has 0 aliphatic heterocycles. The van der Waals surface area contributed by atoms with Gasteiger partial charge in [-0.05, 0) is 49.1 Å². The van der Waals surface area contributed by atoms with Gasteiger partial charge in [0.2, 0.25) is 5.91 Å². The summed E-state index contributed by atoms with van der Waals surface area (Å²) in [6, 6.07) is 14.4. The van der Waals surface area contributed by atoms with Crippen LogP contribution in [0.2, 0.25) is 0 Å². The molecule has 2 amide bonds. The Labute approximate surface area is 163 Å². The van der Waals surface area contributed by atoms with Crippen LogP contribution in [0, 0.1) is 12.8 Å². The fourth-order valence-electron chi connectivity index (χ4n) is 2.74. The number of aryl methyl sites for hydroxylation is 1. The summed E-state index contributed by atoms with van der Waals surface area (Å²) in [6.45, 7) is 7.66. The molecular formula is C21H25BrN2O2. The first-order valence-electron chi connectivity index (χ1n) is 8.72. The average molecular weight is 417 g/mol. The van der Waals surface area contributed by atoms with Crippen molar-refractivity contribution < 1.29 is 9.59 Å². The molecule has 0 bridgehead atoms. The fraction of sp³-hybridized carbons (Fsp3) is 0.333. The second-order valence-corrected chi connectivity index (χ2v) is 7.71. The second-order valence-electron chi connectivity index (χ2n) is 6.80. The molecule has 4 nitrogen and oxygen atoms in total. The van der Waals surface area contributed by atoms with E-state index in [2.05, 4.69) is 26.6 Å². The molecule has 2 atom stereocenters. The van der Waals surface area contributed by atoms with Gasteiger partial charge in [0.05, 0.1) is 6.04 Å². The fourth-order valence-corrected chi connectivity index (χ4v) is 3.16. The third-order valence-corrected chi connectivity index (χ3v) is 4.83. The van der Waals surface area contributed by atoms with Crippen molar-refractivity contribution in [1.82, 2.24) is 10.6 Å². The first kappa shape index (κ1) is 20.2. The molecule has 0 fully saturated rings. The number of nitrogens with one attached hydrogen (secondary N) is 2. The van der Waals surface area contributed by atoms with Crippen molar-refractivity contribution in [2.75, 3.05) is 0 Å². The van der Waals surface area contributed by atoms with Crippen molar-refractivity contribution in [2.45, 2.75) is 39.8 Å². The van der Waals surface area contributed by atoms with E-state index in [-0.39, 0.29) is 23.8 Å². The van der Waals surface area contributed by atoms with Crippen LogP contribution in [0.1, 0.15) is 48.3 Å². The molecule has 0 saturated heterocycles. The Balaban J connectivity index is 2.10. The van der Waals surface area contributed by atoms with Gasteiger partial charge in [-0.1, -0.05) is 60.1 Å². The molecule has 26 heavy (non-hydrogen) atoms. The predicted octanol–water partition coefficient (Wildman–Crippen LogP) is 4.39. The topological polar surface area (TPSA) is 58.2 Å². The average Bonchev–Trinajstić information content (AvgIpc) is 2.59. The zero-order valence-corrected chi connectivity index (χ0v) is 17.1. The second kappa shape index (κ2) is 8.99. The van der Waals surface area contributed by atoms with Crippen molar-refractivity contribution in [3.8, 4) is 0 Å². The monoisotopic (exact) mass is 416 g/mol. The summed E-state index contributed by atoms with van der Waals surface area (Å²) in [5, 5.41) is 5.88. The van der Waals surface area contributed by atoms with Crippen LogP contribution < -0.4 is 10.6 Å². The Morgan fingerprint density at radius 3 is 2.27 bits per heavy atom. The highest BCUT2D eigenvalue weighted by atomic mass is 79.9. The van der Waals surface area contributed by atoms with Crippen LogP contribution in [0.5, 0.6) is 0 Å². The zero-order valence-electron chi connectivity index (χ0n) is 15.5. The zero-order chi connectivity index (χ0) is 19.3. The van der Waals surface area contributed by atoms with Crippen LogP contribution in [0.25, 0.3) is 0 Å². The van der Waals surface area contributed by atoms with E-state index in [0.29, 0.717) is 5.56 Å². The molecule has 0 saturated carbocycles. The minimum atomic E-state index is -0.600. The SMILES string of the molecule is Cc1ccccc1C(=O)N[C@@H](C(=O)N[C@@H](C)c1cccc(Br)c1)C(C)C. The molecule has 2 N–H and O–H groups in total. The summed E-state index contributed by atoms with van der Waals surface area (Å²) >= 11 is 3.44. The normalized spacial score (nSPS) is 13.2. The van der Waals surface area contributed by atoms with Gasteiger partial charge in [-0.25, -0.2) is 0 Å². The van der Waals surface area contributed by atoms with Gasteiger partial charge in [-0.2, -0.15) is 0 Å². The molecule has 0 aliphatic carbocycles. The minimum Gasteiger partial charge on any atom is -0.348 e. The summed E-state index contributed by atoms with van der Waals surface area (Å²) in [7, 11) is 0. The smallest absolute Gasteiger partial charge is 0.252 e. The van der Waals surface area contributed by atoms with Crippen LogP contribution in [0.4, 0.5) is 0 Å². The van der Waals surface area contributed by atoms with Crippen LogP contribution in [0.3, 0.4) is 0 Å². The van der Waals surface area contributed by atoms with Crippen LogP contribution in [-0.2, 0) is 4.79 Å². The summed E-state index contributed by atoms with van der Waals surface area (Å²) in [5.74, 6) is -0.445. The summed E-state index contributed by atoms with van der Waals surface area (Å²) in [4.78, 5) is 25.4. The largest absolute Gasteiger partial charge is 0.348 e.